The Morgan fingerprint density at radius 3 is 2.65 bits per heavy atom. The molecule has 110 valence electrons. The third kappa shape index (κ3) is 3.00. The van der Waals surface area contributed by atoms with Crippen LogP contribution < -0.4 is 9.47 Å². The number of carboxylic acids is 1. The molecule has 0 spiro atoms. The van der Waals surface area contributed by atoms with Crippen molar-refractivity contribution in [1.29, 1.82) is 0 Å². The number of hydrogen-bond donors (Lipinski definition) is 1. The molecule has 0 fully saturated rings. The summed E-state index contributed by atoms with van der Waals surface area (Å²) in [5.74, 6) is -4.06. The number of ether oxygens (including phenoxy) is 2. The molecule has 1 aliphatic heterocycles. The van der Waals surface area contributed by atoms with Gasteiger partial charge in [-0.3, -0.25) is 4.79 Å². The van der Waals surface area contributed by atoms with E-state index < -0.39 is 17.8 Å². The van der Waals surface area contributed by atoms with Crippen LogP contribution in [0.1, 0.15) is 25.0 Å². The summed E-state index contributed by atoms with van der Waals surface area (Å²) in [5.41, 5.74) is 0.239. The number of alkyl halides is 2. The normalized spacial score (nSPS) is 15.8. The first-order valence-corrected chi connectivity index (χ1v) is 6.32. The molecule has 0 aromatic heterocycles. The predicted octanol–water partition coefficient (Wildman–Crippen LogP) is 2.83. The maximum absolute atomic E-state index is 13.5. The second-order valence-corrected chi connectivity index (χ2v) is 4.99. The molecule has 0 radical (unpaired) electrons. The van der Waals surface area contributed by atoms with E-state index in [2.05, 4.69) is 0 Å². The first-order chi connectivity index (χ1) is 9.29. The molecular formula is C14H16F2O4. The Kier molecular flexibility index (Phi) is 3.83. The molecule has 1 aliphatic rings. The van der Waals surface area contributed by atoms with Gasteiger partial charge in [0.05, 0.1) is 5.92 Å². The molecule has 20 heavy (non-hydrogen) atoms. The maximum Gasteiger partial charge on any atom is 0.306 e. The Hall–Kier alpha value is -1.85. The molecule has 0 aliphatic carbocycles. The SMILES string of the molecule is CC(Cc1cc(C(C)(F)F)cc2c1OCCO2)C(=O)O. The molecule has 0 bridgehead atoms. The molecule has 2 rings (SSSR count). The summed E-state index contributed by atoms with van der Waals surface area (Å²) >= 11 is 0. The Bertz CT molecular complexity index is 523. The minimum atomic E-state index is -3.02. The minimum absolute atomic E-state index is 0.116. The van der Waals surface area contributed by atoms with Crippen molar-refractivity contribution in [3.8, 4) is 11.5 Å². The van der Waals surface area contributed by atoms with Crippen LogP contribution in [0.25, 0.3) is 0 Å². The average molecular weight is 286 g/mol. The lowest BCUT2D eigenvalue weighted by Gasteiger charge is -2.24. The van der Waals surface area contributed by atoms with Crippen LogP contribution in [-0.4, -0.2) is 24.3 Å². The van der Waals surface area contributed by atoms with E-state index in [1.165, 1.54) is 19.1 Å². The Morgan fingerprint density at radius 1 is 1.40 bits per heavy atom. The van der Waals surface area contributed by atoms with Crippen LogP contribution in [0.4, 0.5) is 8.78 Å². The number of benzene rings is 1. The monoisotopic (exact) mass is 286 g/mol. The third-order valence-electron chi connectivity index (χ3n) is 3.17. The van der Waals surface area contributed by atoms with Crippen molar-refractivity contribution in [3.05, 3.63) is 23.3 Å². The maximum atomic E-state index is 13.5. The van der Waals surface area contributed by atoms with Gasteiger partial charge in [0, 0.05) is 12.5 Å². The van der Waals surface area contributed by atoms with E-state index in [1.807, 2.05) is 0 Å². The summed E-state index contributed by atoms with van der Waals surface area (Å²) in [4.78, 5) is 10.9. The molecule has 1 aromatic rings. The highest BCUT2D eigenvalue weighted by Crippen LogP contribution is 2.40. The van der Waals surface area contributed by atoms with Crippen molar-refractivity contribution in [2.75, 3.05) is 13.2 Å². The number of fused-ring (bicyclic) bond motifs is 1. The Balaban J connectivity index is 2.44. The van der Waals surface area contributed by atoms with Gasteiger partial charge in [-0.25, -0.2) is 8.78 Å². The van der Waals surface area contributed by atoms with Gasteiger partial charge in [-0.15, -0.1) is 0 Å². The molecular weight excluding hydrogens is 270 g/mol. The molecule has 1 heterocycles. The van der Waals surface area contributed by atoms with E-state index in [1.54, 1.807) is 0 Å². The van der Waals surface area contributed by atoms with E-state index in [0.717, 1.165) is 6.92 Å². The second-order valence-electron chi connectivity index (χ2n) is 4.99. The lowest BCUT2D eigenvalue weighted by atomic mass is 9.96. The fraction of sp³-hybridized carbons (Fsp3) is 0.500. The van der Waals surface area contributed by atoms with Crippen LogP contribution in [0.2, 0.25) is 0 Å². The van der Waals surface area contributed by atoms with Gasteiger partial charge in [0.15, 0.2) is 11.5 Å². The molecule has 0 amide bonds. The zero-order valence-electron chi connectivity index (χ0n) is 11.3. The summed E-state index contributed by atoms with van der Waals surface area (Å²) in [6.07, 6.45) is 0.116. The molecule has 0 saturated carbocycles. The van der Waals surface area contributed by atoms with Gasteiger partial charge in [-0.1, -0.05) is 6.92 Å². The zero-order chi connectivity index (χ0) is 14.9. The van der Waals surface area contributed by atoms with E-state index in [0.29, 0.717) is 24.5 Å². The topological polar surface area (TPSA) is 55.8 Å². The van der Waals surface area contributed by atoms with Crippen LogP contribution in [-0.2, 0) is 17.1 Å². The molecule has 1 atom stereocenters. The second kappa shape index (κ2) is 5.26. The molecule has 1 N–H and O–H groups in total. The van der Waals surface area contributed by atoms with Crippen LogP contribution >= 0.6 is 0 Å². The van der Waals surface area contributed by atoms with Crippen LogP contribution in [0.3, 0.4) is 0 Å². The van der Waals surface area contributed by atoms with Crippen molar-refractivity contribution >= 4 is 5.97 Å². The number of carbonyl (C=O) groups is 1. The first kappa shape index (κ1) is 14.6. The number of rotatable bonds is 4. The molecule has 0 saturated heterocycles. The van der Waals surface area contributed by atoms with Gasteiger partial charge in [-0.2, -0.15) is 0 Å². The summed E-state index contributed by atoms with van der Waals surface area (Å²) in [6.45, 7) is 2.93. The average Bonchev–Trinajstić information content (AvgIpc) is 2.37. The van der Waals surface area contributed by atoms with Crippen molar-refractivity contribution < 1.29 is 28.2 Å². The van der Waals surface area contributed by atoms with Crippen molar-refractivity contribution in [2.45, 2.75) is 26.2 Å². The van der Waals surface area contributed by atoms with Gasteiger partial charge < -0.3 is 14.6 Å². The fourth-order valence-corrected chi connectivity index (χ4v) is 2.05. The summed E-state index contributed by atoms with van der Waals surface area (Å²) in [5, 5.41) is 8.96. The van der Waals surface area contributed by atoms with Gasteiger partial charge in [0.1, 0.15) is 13.2 Å². The van der Waals surface area contributed by atoms with Crippen LogP contribution in [0.15, 0.2) is 12.1 Å². The third-order valence-corrected chi connectivity index (χ3v) is 3.17. The van der Waals surface area contributed by atoms with Crippen LogP contribution in [0.5, 0.6) is 11.5 Å². The number of carboxylic acid groups (broad SMARTS) is 1. The van der Waals surface area contributed by atoms with Gasteiger partial charge in [-0.05, 0) is 24.1 Å². The molecule has 6 heteroatoms. The number of hydrogen-bond acceptors (Lipinski definition) is 3. The van der Waals surface area contributed by atoms with Crippen molar-refractivity contribution in [2.24, 2.45) is 5.92 Å². The van der Waals surface area contributed by atoms with E-state index in [4.69, 9.17) is 14.6 Å². The van der Waals surface area contributed by atoms with E-state index in [-0.39, 0.29) is 17.7 Å². The lowest BCUT2D eigenvalue weighted by Crippen LogP contribution is -2.20. The predicted molar refractivity (Wildman–Crippen MR) is 67.5 cm³/mol. The Labute approximate surface area is 115 Å². The molecule has 1 aromatic carbocycles. The smallest absolute Gasteiger partial charge is 0.306 e. The van der Waals surface area contributed by atoms with Gasteiger partial charge in [0.2, 0.25) is 0 Å². The molecule has 4 nitrogen and oxygen atoms in total. The lowest BCUT2D eigenvalue weighted by molar-refractivity contribution is -0.141. The highest BCUT2D eigenvalue weighted by Gasteiger charge is 2.29. The summed E-state index contributed by atoms with van der Waals surface area (Å²) in [6, 6.07) is 2.55. The number of halogens is 2. The van der Waals surface area contributed by atoms with Crippen molar-refractivity contribution in [3.63, 3.8) is 0 Å². The van der Waals surface area contributed by atoms with Crippen molar-refractivity contribution in [1.82, 2.24) is 0 Å². The highest BCUT2D eigenvalue weighted by molar-refractivity contribution is 5.70. The standard InChI is InChI=1S/C14H16F2O4/c1-8(13(17)18)5-9-6-10(14(2,15)16)7-11-12(9)20-4-3-19-11/h6-8H,3-5H2,1-2H3,(H,17,18). The number of aliphatic carboxylic acids is 1. The quantitative estimate of drug-likeness (QED) is 0.924. The van der Waals surface area contributed by atoms with Gasteiger partial charge in [0.25, 0.3) is 5.92 Å². The minimum Gasteiger partial charge on any atom is -0.486 e. The van der Waals surface area contributed by atoms with E-state index in [9.17, 15) is 13.6 Å². The molecule has 1 unspecified atom stereocenters. The fourth-order valence-electron chi connectivity index (χ4n) is 2.05. The van der Waals surface area contributed by atoms with Crippen LogP contribution in [0, 0.1) is 5.92 Å². The Morgan fingerprint density at radius 2 is 2.05 bits per heavy atom. The summed E-state index contributed by atoms with van der Waals surface area (Å²) in [7, 11) is 0. The largest absolute Gasteiger partial charge is 0.486 e. The highest BCUT2D eigenvalue weighted by atomic mass is 19.3. The van der Waals surface area contributed by atoms with Gasteiger partial charge >= 0.3 is 5.97 Å². The first-order valence-electron chi connectivity index (χ1n) is 6.32. The van der Waals surface area contributed by atoms with E-state index >= 15 is 0 Å². The zero-order valence-corrected chi connectivity index (χ0v) is 11.3. The summed E-state index contributed by atoms with van der Waals surface area (Å²) < 4.78 is 37.8.